The van der Waals surface area contributed by atoms with E-state index < -0.39 is 0 Å². The number of esters is 1. The molecule has 1 saturated carbocycles. The van der Waals surface area contributed by atoms with Gasteiger partial charge in [-0.15, -0.1) is 0 Å². The Morgan fingerprint density at radius 1 is 1.21 bits per heavy atom. The van der Waals surface area contributed by atoms with Crippen molar-refractivity contribution in [3.05, 3.63) is 0 Å². The smallest absolute Gasteiger partial charge is 0.309 e. The van der Waals surface area contributed by atoms with Crippen LogP contribution in [0.1, 0.15) is 39.5 Å². The van der Waals surface area contributed by atoms with Gasteiger partial charge in [0.1, 0.15) is 0 Å². The number of carbonyl (C=O) groups excluding carboxylic acids is 1. The molecule has 0 aromatic rings. The average molecular weight is 196 g/mol. The Kier molecular flexibility index (Phi) is 2.80. The van der Waals surface area contributed by atoms with Gasteiger partial charge in [-0.25, -0.2) is 0 Å². The van der Waals surface area contributed by atoms with E-state index in [4.69, 9.17) is 4.74 Å². The van der Waals surface area contributed by atoms with Crippen LogP contribution in [0.25, 0.3) is 0 Å². The fourth-order valence-corrected chi connectivity index (χ4v) is 3.30. The third-order valence-electron chi connectivity index (χ3n) is 4.21. The van der Waals surface area contributed by atoms with Gasteiger partial charge in [-0.05, 0) is 37.0 Å². The second kappa shape index (κ2) is 3.92. The molecule has 1 saturated heterocycles. The predicted octanol–water partition coefficient (Wildman–Crippen LogP) is 2.62. The van der Waals surface area contributed by atoms with Crippen molar-refractivity contribution < 1.29 is 9.53 Å². The molecule has 4 atom stereocenters. The number of fused-ring (bicyclic) bond motifs is 1. The van der Waals surface area contributed by atoms with Crippen LogP contribution in [0.5, 0.6) is 0 Å². The molecule has 0 amide bonds. The standard InChI is InChI=1S/C12H20O2/c1-3-8-5-6-10-9(4-2)7-14-12(13)11(8)10/h8-11H,3-7H2,1-2H3/t8-,9-,10+,11-/m0/s1. The molecule has 1 aliphatic heterocycles. The maximum Gasteiger partial charge on any atom is 0.309 e. The summed E-state index contributed by atoms with van der Waals surface area (Å²) < 4.78 is 5.29. The number of carbonyl (C=O) groups is 1. The van der Waals surface area contributed by atoms with Crippen LogP contribution in [-0.2, 0) is 9.53 Å². The fourth-order valence-electron chi connectivity index (χ4n) is 3.30. The fraction of sp³-hybridized carbons (Fsp3) is 0.917. The molecule has 0 radical (unpaired) electrons. The summed E-state index contributed by atoms with van der Waals surface area (Å²) in [6, 6.07) is 0. The molecule has 0 aromatic carbocycles. The van der Waals surface area contributed by atoms with Crippen LogP contribution < -0.4 is 0 Å². The van der Waals surface area contributed by atoms with Crippen molar-refractivity contribution in [3.8, 4) is 0 Å². The molecule has 2 aliphatic rings. The number of ether oxygens (including phenoxy) is 1. The number of rotatable bonds is 2. The Balaban J connectivity index is 2.14. The molecule has 0 bridgehead atoms. The van der Waals surface area contributed by atoms with E-state index in [1.54, 1.807) is 0 Å². The van der Waals surface area contributed by atoms with Crippen molar-refractivity contribution in [2.45, 2.75) is 39.5 Å². The van der Waals surface area contributed by atoms with Crippen LogP contribution in [0, 0.1) is 23.7 Å². The third-order valence-corrected chi connectivity index (χ3v) is 4.21. The molecular formula is C12H20O2. The average Bonchev–Trinajstić information content (AvgIpc) is 2.63. The van der Waals surface area contributed by atoms with Crippen molar-refractivity contribution in [3.63, 3.8) is 0 Å². The SMILES string of the molecule is CC[C@H]1COC(=O)[C@H]2[C@@H](CC)CC[C@H]12. The minimum Gasteiger partial charge on any atom is -0.465 e. The summed E-state index contributed by atoms with van der Waals surface area (Å²) >= 11 is 0. The van der Waals surface area contributed by atoms with Gasteiger partial charge in [0, 0.05) is 0 Å². The summed E-state index contributed by atoms with van der Waals surface area (Å²) in [7, 11) is 0. The zero-order valence-corrected chi connectivity index (χ0v) is 9.16. The summed E-state index contributed by atoms with van der Waals surface area (Å²) in [5.41, 5.74) is 0. The van der Waals surface area contributed by atoms with Gasteiger partial charge in [-0.1, -0.05) is 20.3 Å². The van der Waals surface area contributed by atoms with Gasteiger partial charge in [-0.2, -0.15) is 0 Å². The number of cyclic esters (lactones) is 1. The van der Waals surface area contributed by atoms with Crippen molar-refractivity contribution in [2.24, 2.45) is 23.7 Å². The summed E-state index contributed by atoms with van der Waals surface area (Å²) in [4.78, 5) is 11.7. The number of hydrogen-bond acceptors (Lipinski definition) is 2. The Hall–Kier alpha value is -0.530. The highest BCUT2D eigenvalue weighted by atomic mass is 16.5. The number of hydrogen-bond donors (Lipinski definition) is 0. The van der Waals surface area contributed by atoms with Crippen molar-refractivity contribution in [1.29, 1.82) is 0 Å². The van der Waals surface area contributed by atoms with E-state index in [2.05, 4.69) is 13.8 Å². The Labute approximate surface area is 86.0 Å². The van der Waals surface area contributed by atoms with E-state index in [1.807, 2.05) is 0 Å². The van der Waals surface area contributed by atoms with Gasteiger partial charge >= 0.3 is 5.97 Å². The molecule has 14 heavy (non-hydrogen) atoms. The molecule has 0 unspecified atom stereocenters. The van der Waals surface area contributed by atoms with E-state index in [-0.39, 0.29) is 11.9 Å². The first kappa shape index (κ1) is 10.0. The maximum atomic E-state index is 11.7. The quantitative estimate of drug-likeness (QED) is 0.635. The van der Waals surface area contributed by atoms with Gasteiger partial charge in [0.05, 0.1) is 12.5 Å². The molecule has 2 rings (SSSR count). The highest BCUT2D eigenvalue weighted by molar-refractivity contribution is 5.74. The lowest BCUT2D eigenvalue weighted by molar-refractivity contribution is -0.161. The van der Waals surface area contributed by atoms with E-state index in [9.17, 15) is 4.79 Å². The van der Waals surface area contributed by atoms with E-state index in [0.29, 0.717) is 24.4 Å². The molecule has 2 nitrogen and oxygen atoms in total. The Morgan fingerprint density at radius 3 is 2.57 bits per heavy atom. The molecule has 1 aliphatic carbocycles. The molecule has 0 spiro atoms. The molecule has 80 valence electrons. The topological polar surface area (TPSA) is 26.3 Å². The molecule has 0 N–H and O–H groups in total. The van der Waals surface area contributed by atoms with Crippen LogP contribution in [0.4, 0.5) is 0 Å². The minimum atomic E-state index is 0.0871. The van der Waals surface area contributed by atoms with Gasteiger partial charge in [0.2, 0.25) is 0 Å². The molecule has 2 fully saturated rings. The van der Waals surface area contributed by atoms with Crippen LogP contribution in [0.3, 0.4) is 0 Å². The lowest BCUT2D eigenvalue weighted by Gasteiger charge is -2.33. The second-order valence-electron chi connectivity index (χ2n) is 4.73. The first-order valence-electron chi connectivity index (χ1n) is 5.94. The van der Waals surface area contributed by atoms with Crippen LogP contribution in [0.15, 0.2) is 0 Å². The minimum absolute atomic E-state index is 0.0871. The zero-order chi connectivity index (χ0) is 10.1. The Bertz CT molecular complexity index is 224. The first-order valence-corrected chi connectivity index (χ1v) is 5.94. The van der Waals surface area contributed by atoms with E-state index in [1.165, 1.54) is 12.8 Å². The molecular weight excluding hydrogens is 176 g/mol. The monoisotopic (exact) mass is 196 g/mol. The third kappa shape index (κ3) is 1.45. The van der Waals surface area contributed by atoms with Crippen molar-refractivity contribution in [2.75, 3.05) is 6.61 Å². The van der Waals surface area contributed by atoms with E-state index in [0.717, 1.165) is 12.8 Å². The predicted molar refractivity (Wildman–Crippen MR) is 54.7 cm³/mol. The van der Waals surface area contributed by atoms with Gasteiger partial charge in [0.15, 0.2) is 0 Å². The highest BCUT2D eigenvalue weighted by Crippen LogP contribution is 2.46. The van der Waals surface area contributed by atoms with Gasteiger partial charge in [-0.3, -0.25) is 4.79 Å². The lowest BCUT2D eigenvalue weighted by atomic mass is 9.78. The van der Waals surface area contributed by atoms with Crippen molar-refractivity contribution in [1.82, 2.24) is 0 Å². The van der Waals surface area contributed by atoms with Gasteiger partial charge < -0.3 is 4.74 Å². The lowest BCUT2D eigenvalue weighted by Crippen LogP contribution is -2.38. The zero-order valence-electron chi connectivity index (χ0n) is 9.16. The summed E-state index contributed by atoms with van der Waals surface area (Å²) in [5, 5.41) is 0. The first-order chi connectivity index (χ1) is 6.77. The van der Waals surface area contributed by atoms with Crippen LogP contribution in [-0.4, -0.2) is 12.6 Å². The van der Waals surface area contributed by atoms with Crippen LogP contribution in [0.2, 0.25) is 0 Å². The molecule has 0 aromatic heterocycles. The second-order valence-corrected chi connectivity index (χ2v) is 4.73. The Morgan fingerprint density at radius 2 is 1.93 bits per heavy atom. The summed E-state index contributed by atoms with van der Waals surface area (Å²) in [6.45, 7) is 5.07. The summed E-state index contributed by atoms with van der Waals surface area (Å²) in [6.07, 6.45) is 4.77. The molecule has 1 heterocycles. The van der Waals surface area contributed by atoms with E-state index >= 15 is 0 Å². The molecule has 2 heteroatoms. The highest BCUT2D eigenvalue weighted by Gasteiger charge is 2.47. The van der Waals surface area contributed by atoms with Crippen molar-refractivity contribution >= 4 is 5.97 Å². The summed E-state index contributed by atoms with van der Waals surface area (Å²) in [5.74, 6) is 2.19. The largest absolute Gasteiger partial charge is 0.465 e. The maximum absolute atomic E-state index is 11.7. The normalized spacial score (nSPS) is 42.0. The van der Waals surface area contributed by atoms with Crippen LogP contribution >= 0.6 is 0 Å². The van der Waals surface area contributed by atoms with Gasteiger partial charge in [0.25, 0.3) is 0 Å².